The number of hydrogen-bond donors (Lipinski definition) is 1. The summed E-state index contributed by atoms with van der Waals surface area (Å²) in [6, 6.07) is 0. The Morgan fingerprint density at radius 1 is 0.938 bits per heavy atom. The molecule has 2 nitrogen and oxygen atoms in total. The molecule has 0 amide bonds. The first-order valence-electron chi connectivity index (χ1n) is 5.76. The van der Waals surface area contributed by atoms with E-state index in [1.165, 1.54) is 5.57 Å². The van der Waals surface area contributed by atoms with E-state index in [0.29, 0.717) is 0 Å². The van der Waals surface area contributed by atoms with Gasteiger partial charge in [0, 0.05) is 5.41 Å². The lowest BCUT2D eigenvalue weighted by Gasteiger charge is -2.21. The van der Waals surface area contributed by atoms with Crippen LogP contribution in [0.2, 0.25) is 0 Å². The third-order valence-corrected chi connectivity index (χ3v) is 2.51. The second-order valence-electron chi connectivity index (χ2n) is 6.09. The fourth-order valence-electron chi connectivity index (χ4n) is 1.43. The largest absolute Gasteiger partial charge is 0.323 e. The van der Waals surface area contributed by atoms with Crippen LogP contribution in [0.15, 0.2) is 28.9 Å². The summed E-state index contributed by atoms with van der Waals surface area (Å²) < 4.78 is 0. The van der Waals surface area contributed by atoms with Crippen LogP contribution in [0.25, 0.3) is 0 Å². The molecule has 0 aliphatic carbocycles. The second-order valence-corrected chi connectivity index (χ2v) is 6.09. The number of rotatable bonds is 2. The van der Waals surface area contributed by atoms with Crippen LogP contribution in [0.5, 0.6) is 0 Å². The molecule has 92 valence electrons. The van der Waals surface area contributed by atoms with Gasteiger partial charge in [0.15, 0.2) is 0 Å². The van der Waals surface area contributed by atoms with Gasteiger partial charge in [-0.25, -0.2) is 0 Å². The van der Waals surface area contributed by atoms with Crippen molar-refractivity contribution in [2.24, 2.45) is 21.8 Å². The van der Waals surface area contributed by atoms with E-state index >= 15 is 0 Å². The summed E-state index contributed by atoms with van der Waals surface area (Å²) >= 11 is 0. The lowest BCUT2D eigenvalue weighted by Crippen LogP contribution is -2.20. The molecule has 0 aromatic carbocycles. The van der Waals surface area contributed by atoms with E-state index in [0.717, 1.165) is 5.71 Å². The third kappa shape index (κ3) is 4.65. The van der Waals surface area contributed by atoms with Gasteiger partial charge in [-0.1, -0.05) is 53.7 Å². The molecule has 16 heavy (non-hydrogen) atoms. The highest BCUT2D eigenvalue weighted by Gasteiger charge is 2.18. The van der Waals surface area contributed by atoms with Crippen LogP contribution in [0, 0.1) is 10.8 Å². The molecule has 0 aliphatic rings. The fraction of sp³-hybridized carbons (Fsp3) is 0.643. The summed E-state index contributed by atoms with van der Waals surface area (Å²) in [6.07, 6.45) is 6.25. The van der Waals surface area contributed by atoms with Gasteiger partial charge in [-0.15, -0.1) is 0 Å². The summed E-state index contributed by atoms with van der Waals surface area (Å²) in [5.41, 5.74) is 2.35. The predicted octanol–water partition coefficient (Wildman–Crippen LogP) is 3.90. The van der Waals surface area contributed by atoms with E-state index in [4.69, 9.17) is 5.84 Å². The topological polar surface area (TPSA) is 38.4 Å². The van der Waals surface area contributed by atoms with Crippen molar-refractivity contribution in [3.63, 3.8) is 0 Å². The molecular formula is C14H26N2. The number of hydrogen-bond acceptors (Lipinski definition) is 2. The van der Waals surface area contributed by atoms with Crippen LogP contribution in [0.1, 0.15) is 48.5 Å². The number of nitrogens with zero attached hydrogens (tertiary/aromatic N) is 1. The van der Waals surface area contributed by atoms with Crippen LogP contribution in [0.4, 0.5) is 0 Å². The highest BCUT2D eigenvalue weighted by atomic mass is 15.1. The molecule has 0 aromatic rings. The van der Waals surface area contributed by atoms with Gasteiger partial charge in [0.2, 0.25) is 0 Å². The first-order chi connectivity index (χ1) is 7.12. The van der Waals surface area contributed by atoms with E-state index < -0.39 is 0 Å². The highest BCUT2D eigenvalue weighted by Crippen LogP contribution is 2.26. The minimum atomic E-state index is -0.0119. The van der Waals surface area contributed by atoms with E-state index in [1.807, 2.05) is 6.08 Å². The Hall–Kier alpha value is -1.05. The Balaban J connectivity index is 4.99. The molecule has 0 spiro atoms. The summed E-state index contributed by atoms with van der Waals surface area (Å²) in [5, 5.41) is 3.85. The molecule has 0 atom stereocenters. The van der Waals surface area contributed by atoms with Gasteiger partial charge >= 0.3 is 0 Å². The van der Waals surface area contributed by atoms with Crippen molar-refractivity contribution in [3.05, 3.63) is 23.8 Å². The molecule has 0 saturated carbocycles. The fourth-order valence-corrected chi connectivity index (χ4v) is 1.43. The number of hydrazone groups is 1. The molecule has 0 aliphatic heterocycles. The van der Waals surface area contributed by atoms with E-state index in [1.54, 1.807) is 0 Å². The van der Waals surface area contributed by atoms with Crippen molar-refractivity contribution >= 4 is 5.71 Å². The lowest BCUT2D eigenvalue weighted by atomic mass is 9.84. The van der Waals surface area contributed by atoms with Crippen molar-refractivity contribution < 1.29 is 0 Å². The average molecular weight is 222 g/mol. The molecule has 0 unspecified atom stereocenters. The molecule has 0 aromatic heterocycles. The minimum Gasteiger partial charge on any atom is -0.323 e. The third-order valence-electron chi connectivity index (χ3n) is 2.51. The molecule has 2 N–H and O–H groups in total. The molecule has 0 heterocycles. The summed E-state index contributed by atoms with van der Waals surface area (Å²) in [6.45, 7) is 15.0. The summed E-state index contributed by atoms with van der Waals surface area (Å²) in [7, 11) is 0. The van der Waals surface area contributed by atoms with Crippen molar-refractivity contribution in [3.8, 4) is 0 Å². The lowest BCUT2D eigenvalue weighted by molar-refractivity contribution is 0.516. The summed E-state index contributed by atoms with van der Waals surface area (Å²) in [5.74, 6) is 5.41. The van der Waals surface area contributed by atoms with Crippen LogP contribution in [-0.4, -0.2) is 5.71 Å². The molecule has 0 saturated heterocycles. The maximum atomic E-state index is 5.41. The van der Waals surface area contributed by atoms with Crippen molar-refractivity contribution in [1.29, 1.82) is 0 Å². The van der Waals surface area contributed by atoms with Gasteiger partial charge in [-0.3, -0.25) is 0 Å². The molecule has 0 radical (unpaired) electrons. The van der Waals surface area contributed by atoms with E-state index in [-0.39, 0.29) is 10.8 Å². The van der Waals surface area contributed by atoms with E-state index in [2.05, 4.69) is 65.7 Å². The Morgan fingerprint density at radius 2 is 1.44 bits per heavy atom. The molecular weight excluding hydrogens is 196 g/mol. The zero-order valence-corrected chi connectivity index (χ0v) is 11.8. The van der Waals surface area contributed by atoms with Gasteiger partial charge in [0.1, 0.15) is 0 Å². The summed E-state index contributed by atoms with van der Waals surface area (Å²) in [4.78, 5) is 0. The Labute approximate surface area is 100 Å². The zero-order valence-electron chi connectivity index (χ0n) is 11.8. The maximum Gasteiger partial charge on any atom is 0.0654 e. The van der Waals surface area contributed by atoms with Gasteiger partial charge < -0.3 is 5.84 Å². The Bertz CT molecular complexity index is 275. The SMILES string of the molecule is C\C=C(/C=C\C(=N/N)C(C)(C)C)C(C)(C)C. The number of nitrogens with two attached hydrogens (primary N) is 1. The van der Waals surface area contributed by atoms with Crippen molar-refractivity contribution in [1.82, 2.24) is 0 Å². The normalized spacial score (nSPS) is 15.9. The van der Waals surface area contributed by atoms with Gasteiger partial charge in [-0.05, 0) is 24.0 Å². The first kappa shape index (κ1) is 14.9. The van der Waals surface area contributed by atoms with Gasteiger partial charge in [0.25, 0.3) is 0 Å². The zero-order chi connectivity index (χ0) is 13.0. The van der Waals surface area contributed by atoms with Crippen molar-refractivity contribution in [2.45, 2.75) is 48.5 Å². The first-order valence-corrected chi connectivity index (χ1v) is 5.76. The molecule has 0 fully saturated rings. The van der Waals surface area contributed by atoms with Gasteiger partial charge in [0.05, 0.1) is 5.71 Å². The van der Waals surface area contributed by atoms with Crippen LogP contribution >= 0.6 is 0 Å². The smallest absolute Gasteiger partial charge is 0.0654 e. The predicted molar refractivity (Wildman–Crippen MR) is 73.4 cm³/mol. The molecule has 0 bridgehead atoms. The number of allylic oxidation sites excluding steroid dienone is 4. The minimum absolute atomic E-state index is 0.0119. The Kier molecular flexibility index (Phi) is 4.98. The van der Waals surface area contributed by atoms with E-state index in [9.17, 15) is 0 Å². The van der Waals surface area contributed by atoms with Crippen LogP contribution in [0.3, 0.4) is 0 Å². The van der Waals surface area contributed by atoms with Crippen molar-refractivity contribution in [2.75, 3.05) is 0 Å². The monoisotopic (exact) mass is 222 g/mol. The average Bonchev–Trinajstić information content (AvgIpc) is 2.08. The van der Waals surface area contributed by atoms with Crippen LogP contribution in [-0.2, 0) is 0 Å². The van der Waals surface area contributed by atoms with Gasteiger partial charge in [-0.2, -0.15) is 5.10 Å². The highest BCUT2D eigenvalue weighted by molar-refractivity contribution is 5.99. The maximum absolute atomic E-state index is 5.41. The Morgan fingerprint density at radius 3 is 1.69 bits per heavy atom. The van der Waals surface area contributed by atoms with Crippen LogP contribution < -0.4 is 5.84 Å². The second kappa shape index (κ2) is 5.33. The molecule has 0 rings (SSSR count). The standard InChI is InChI=1S/C14H26N2/c1-8-11(13(2,3)4)9-10-12(16-15)14(5,6)7/h8-10H,15H2,1-7H3/b10-9-,11-8+,16-12+. The molecule has 2 heteroatoms. The quantitative estimate of drug-likeness (QED) is 0.327.